The molecule has 18 heteroatoms. The summed E-state index contributed by atoms with van der Waals surface area (Å²) in [5.41, 5.74) is -0.311. The Morgan fingerprint density at radius 2 is 1.14 bits per heavy atom. The van der Waals surface area contributed by atoms with Gasteiger partial charge in [0.15, 0.2) is 0 Å². The number of nitrogens with zero attached hydrogens (tertiary/aromatic N) is 5. The number of carbonyl (C=O) groups excluding carboxylic acids is 2. The van der Waals surface area contributed by atoms with Crippen molar-refractivity contribution in [3.8, 4) is 22.5 Å². The molecule has 0 saturated carbocycles. The van der Waals surface area contributed by atoms with E-state index in [-0.39, 0.29) is 47.2 Å². The van der Waals surface area contributed by atoms with Crippen LogP contribution in [0.2, 0.25) is 0 Å². The summed E-state index contributed by atoms with van der Waals surface area (Å²) in [6, 6.07) is 0. The number of nitrogens with one attached hydrogen (secondary N) is 1. The predicted molar refractivity (Wildman–Crippen MR) is 197 cm³/mol. The van der Waals surface area contributed by atoms with E-state index in [0.29, 0.717) is 50.6 Å². The van der Waals surface area contributed by atoms with Crippen LogP contribution in [-0.2, 0) is 60.6 Å². The van der Waals surface area contributed by atoms with Crippen LogP contribution in [0, 0.1) is 11.8 Å². The molecule has 2 aliphatic carbocycles. The first kappa shape index (κ1) is 41.6. The van der Waals surface area contributed by atoms with E-state index in [4.69, 9.17) is 18.3 Å². The van der Waals surface area contributed by atoms with Crippen molar-refractivity contribution in [1.29, 1.82) is 0 Å². The van der Waals surface area contributed by atoms with Gasteiger partial charge >= 0.3 is 24.3 Å². The molecule has 4 aliphatic rings. The molecule has 316 valence electrons. The Balaban J connectivity index is 0.000000177. The van der Waals surface area contributed by atoms with Crippen molar-refractivity contribution < 1.29 is 54.2 Å². The minimum absolute atomic E-state index is 0.0295. The minimum Gasteiger partial charge on any atom is -0.460 e. The Morgan fingerprint density at radius 3 is 1.53 bits per heavy atom. The highest BCUT2D eigenvalue weighted by molar-refractivity contribution is 5.93. The molecule has 6 heterocycles. The number of hydrogen-bond acceptors (Lipinski definition) is 10. The molecule has 2 aliphatic heterocycles. The lowest BCUT2D eigenvalue weighted by Gasteiger charge is -2.30. The Morgan fingerprint density at radius 1 is 0.707 bits per heavy atom. The molecule has 0 aromatic carbocycles. The van der Waals surface area contributed by atoms with Gasteiger partial charge in [0.05, 0.1) is 35.7 Å². The van der Waals surface area contributed by atoms with Crippen LogP contribution in [0.5, 0.6) is 0 Å². The van der Waals surface area contributed by atoms with Crippen molar-refractivity contribution in [2.45, 2.75) is 97.6 Å². The third-order valence-corrected chi connectivity index (χ3v) is 11.3. The highest BCUT2D eigenvalue weighted by atomic mass is 19.4. The molecule has 58 heavy (non-hydrogen) atoms. The van der Waals surface area contributed by atoms with E-state index in [1.807, 2.05) is 12.4 Å². The lowest BCUT2D eigenvalue weighted by molar-refractivity contribution is -0.138. The third-order valence-electron chi connectivity index (χ3n) is 11.3. The van der Waals surface area contributed by atoms with Crippen LogP contribution in [0.15, 0.2) is 21.2 Å². The Labute approximate surface area is 331 Å². The summed E-state index contributed by atoms with van der Waals surface area (Å²) in [7, 11) is 0. The van der Waals surface area contributed by atoms with Gasteiger partial charge in [-0.15, -0.1) is 0 Å². The van der Waals surface area contributed by atoms with Crippen molar-refractivity contribution in [1.82, 2.24) is 29.8 Å². The summed E-state index contributed by atoms with van der Waals surface area (Å²) in [4.78, 5) is 26.6. The number of rotatable bonds is 9. The molecule has 2 fully saturated rings. The van der Waals surface area contributed by atoms with Crippen molar-refractivity contribution in [3.63, 3.8) is 0 Å². The van der Waals surface area contributed by atoms with Crippen molar-refractivity contribution in [2.75, 3.05) is 45.9 Å². The number of furan rings is 2. The summed E-state index contributed by atoms with van der Waals surface area (Å²) < 4.78 is 107. The molecule has 4 aromatic rings. The van der Waals surface area contributed by atoms with Crippen LogP contribution in [-0.4, -0.2) is 82.3 Å². The SMILES string of the molecule is CCOC(=O)c1oc2c(c1C(F)(F)F)-c1nn(CC3CCN(CC)CC3)cc1CC2.CCOC(=O)c1oc2c(c1C(F)(F)F)-c1nn(CC3CCNCC3)cc1CC2. The van der Waals surface area contributed by atoms with E-state index < -0.39 is 46.9 Å². The van der Waals surface area contributed by atoms with Crippen LogP contribution < -0.4 is 5.32 Å². The molecule has 2 saturated heterocycles. The summed E-state index contributed by atoms with van der Waals surface area (Å²) >= 11 is 0. The molecule has 0 atom stereocenters. The zero-order valence-electron chi connectivity index (χ0n) is 32.8. The average molecular weight is 823 g/mol. The maximum absolute atomic E-state index is 13.9. The first-order valence-corrected chi connectivity index (χ1v) is 20.1. The largest absolute Gasteiger partial charge is 0.460 e. The molecular formula is C40H48F6N6O6. The number of esters is 2. The maximum atomic E-state index is 13.9. The molecular weight excluding hydrogens is 774 g/mol. The van der Waals surface area contributed by atoms with E-state index in [0.717, 1.165) is 69.5 Å². The lowest BCUT2D eigenvalue weighted by atomic mass is 9.93. The van der Waals surface area contributed by atoms with Crippen molar-refractivity contribution in [3.05, 3.63) is 57.7 Å². The molecule has 0 unspecified atom stereocenters. The van der Waals surface area contributed by atoms with Gasteiger partial charge in [0.1, 0.15) is 22.6 Å². The highest BCUT2D eigenvalue weighted by Crippen LogP contribution is 2.48. The van der Waals surface area contributed by atoms with E-state index in [2.05, 4.69) is 27.3 Å². The normalized spacial score (nSPS) is 17.5. The fourth-order valence-corrected chi connectivity index (χ4v) is 8.51. The van der Waals surface area contributed by atoms with E-state index >= 15 is 0 Å². The molecule has 0 bridgehead atoms. The maximum Gasteiger partial charge on any atom is 0.421 e. The lowest BCUT2D eigenvalue weighted by Crippen LogP contribution is -2.34. The number of piperidine rings is 2. The van der Waals surface area contributed by atoms with Gasteiger partial charge in [-0.2, -0.15) is 36.5 Å². The topological polar surface area (TPSA) is 130 Å². The second kappa shape index (κ2) is 17.0. The fourth-order valence-electron chi connectivity index (χ4n) is 8.51. The third kappa shape index (κ3) is 8.58. The highest BCUT2D eigenvalue weighted by Gasteiger charge is 2.47. The smallest absolute Gasteiger partial charge is 0.421 e. The number of aromatic nitrogens is 4. The molecule has 0 spiro atoms. The summed E-state index contributed by atoms with van der Waals surface area (Å²) in [5.74, 6) is -2.54. The van der Waals surface area contributed by atoms with Crippen LogP contribution in [0.3, 0.4) is 0 Å². The van der Waals surface area contributed by atoms with E-state index in [1.54, 1.807) is 16.3 Å². The number of aryl methyl sites for hydroxylation is 4. The zero-order valence-corrected chi connectivity index (χ0v) is 32.8. The van der Waals surface area contributed by atoms with Gasteiger partial charge in [0.25, 0.3) is 0 Å². The first-order chi connectivity index (χ1) is 27.7. The molecule has 12 nitrogen and oxygen atoms in total. The van der Waals surface area contributed by atoms with Crippen LogP contribution in [0.1, 0.15) is 101 Å². The van der Waals surface area contributed by atoms with Gasteiger partial charge in [-0.25, -0.2) is 9.59 Å². The van der Waals surface area contributed by atoms with Gasteiger partial charge in [0.2, 0.25) is 11.5 Å². The quantitative estimate of drug-likeness (QED) is 0.133. The van der Waals surface area contributed by atoms with Crippen LogP contribution in [0.25, 0.3) is 22.5 Å². The number of hydrogen-bond donors (Lipinski definition) is 1. The molecule has 0 amide bonds. The Hall–Kier alpha value is -4.58. The Bertz CT molecular complexity index is 2100. The number of fused-ring (bicyclic) bond motifs is 6. The summed E-state index contributed by atoms with van der Waals surface area (Å²) in [6.45, 7) is 11.5. The zero-order chi connectivity index (χ0) is 41.4. The van der Waals surface area contributed by atoms with Crippen LogP contribution >= 0.6 is 0 Å². The average Bonchev–Trinajstić information content (AvgIpc) is 3.97. The number of ether oxygens (including phenoxy) is 2. The monoisotopic (exact) mass is 822 g/mol. The van der Waals surface area contributed by atoms with Gasteiger partial charge in [0, 0.05) is 38.3 Å². The van der Waals surface area contributed by atoms with Crippen LogP contribution in [0.4, 0.5) is 26.3 Å². The minimum atomic E-state index is -4.75. The molecule has 8 rings (SSSR count). The van der Waals surface area contributed by atoms with Crippen molar-refractivity contribution in [2.24, 2.45) is 11.8 Å². The summed E-state index contributed by atoms with van der Waals surface area (Å²) in [6.07, 6.45) is -0.0201. The molecule has 1 N–H and O–H groups in total. The molecule has 4 aromatic heterocycles. The Kier molecular flexibility index (Phi) is 12.2. The van der Waals surface area contributed by atoms with Gasteiger partial charge < -0.3 is 28.5 Å². The fraction of sp³-hybridized carbons (Fsp3) is 0.600. The first-order valence-electron chi connectivity index (χ1n) is 20.1. The number of alkyl halides is 6. The summed E-state index contributed by atoms with van der Waals surface area (Å²) in [5, 5.41) is 12.3. The second-order valence-electron chi connectivity index (χ2n) is 15.2. The number of carbonyl (C=O) groups is 2. The van der Waals surface area contributed by atoms with Gasteiger partial charge in [-0.05, 0) is 108 Å². The van der Waals surface area contributed by atoms with Crippen molar-refractivity contribution >= 4 is 11.9 Å². The van der Waals surface area contributed by atoms with E-state index in [9.17, 15) is 35.9 Å². The predicted octanol–water partition coefficient (Wildman–Crippen LogP) is 7.61. The van der Waals surface area contributed by atoms with Gasteiger partial charge in [-0.3, -0.25) is 9.36 Å². The van der Waals surface area contributed by atoms with E-state index in [1.165, 1.54) is 6.92 Å². The number of likely N-dealkylation sites (tertiary alicyclic amines) is 1. The molecule has 0 radical (unpaired) electrons. The van der Waals surface area contributed by atoms with Gasteiger partial charge in [-0.1, -0.05) is 6.92 Å². The second-order valence-corrected chi connectivity index (χ2v) is 15.2. The standard InChI is InChI=1S/C21H26F3N3O3.C19H22F3N3O3/c1-3-26-9-7-13(8-10-26)11-27-12-14-5-6-15-16(18(14)25-27)17(21(22,23)24)19(30-15)20(28)29-4-2;1-2-27-18(26)17-15(19(20,21)22)14-13(28-17)4-3-12-10-25(24-16(12)14)9-11-5-7-23-8-6-11/h12-13H,3-11H2,1-2H3;10-11,23H,2-9H2,1H3. The number of halogens is 6.